The van der Waals surface area contributed by atoms with Crippen LogP contribution in [0.2, 0.25) is 0 Å². The van der Waals surface area contributed by atoms with Gasteiger partial charge < -0.3 is 9.84 Å². The predicted molar refractivity (Wildman–Crippen MR) is 73.7 cm³/mol. The molecule has 0 rings (SSSR count). The lowest BCUT2D eigenvalue weighted by Crippen LogP contribution is -2.39. The van der Waals surface area contributed by atoms with E-state index in [4.69, 9.17) is 9.84 Å². The van der Waals surface area contributed by atoms with Crippen molar-refractivity contribution in [2.24, 2.45) is 0 Å². The van der Waals surface area contributed by atoms with Crippen LogP contribution in [0, 0.1) is 0 Å². The molecule has 20 heavy (non-hydrogen) atoms. The Kier molecular flexibility index (Phi) is 8.40. The first kappa shape index (κ1) is 18.9. The van der Waals surface area contributed by atoms with Crippen molar-refractivity contribution >= 4 is 22.0 Å². The highest BCUT2D eigenvalue weighted by molar-refractivity contribution is 7.89. The van der Waals surface area contributed by atoms with Crippen molar-refractivity contribution in [3.05, 3.63) is 0 Å². The van der Waals surface area contributed by atoms with E-state index >= 15 is 0 Å². The van der Waals surface area contributed by atoms with Crippen molar-refractivity contribution < 1.29 is 27.9 Å². The third kappa shape index (κ3) is 7.44. The number of sulfonamides is 1. The second-order valence-corrected chi connectivity index (χ2v) is 6.61. The van der Waals surface area contributed by atoms with Crippen molar-refractivity contribution in [1.82, 2.24) is 4.31 Å². The summed E-state index contributed by atoms with van der Waals surface area (Å²) in [5.41, 5.74) is 0. The van der Waals surface area contributed by atoms with E-state index in [1.54, 1.807) is 20.8 Å². The molecule has 0 unspecified atom stereocenters. The van der Waals surface area contributed by atoms with Gasteiger partial charge in [0.05, 0.1) is 18.8 Å². The fourth-order valence-corrected chi connectivity index (χ4v) is 3.38. The van der Waals surface area contributed by atoms with E-state index in [-0.39, 0.29) is 44.2 Å². The number of nitrogens with zero attached hydrogens (tertiary/aromatic N) is 1. The maximum absolute atomic E-state index is 12.1. The van der Waals surface area contributed by atoms with Crippen LogP contribution < -0.4 is 0 Å². The van der Waals surface area contributed by atoms with E-state index < -0.39 is 22.0 Å². The van der Waals surface area contributed by atoms with Crippen LogP contribution in [0.5, 0.6) is 0 Å². The van der Waals surface area contributed by atoms with Gasteiger partial charge >= 0.3 is 11.9 Å². The first-order chi connectivity index (χ1) is 9.20. The zero-order valence-electron chi connectivity index (χ0n) is 12.2. The van der Waals surface area contributed by atoms with Gasteiger partial charge in [0.1, 0.15) is 0 Å². The summed E-state index contributed by atoms with van der Waals surface area (Å²) in [6.45, 7) is 5.42. The van der Waals surface area contributed by atoms with Gasteiger partial charge in [-0.05, 0) is 27.2 Å². The molecule has 7 nitrogen and oxygen atoms in total. The standard InChI is InChI=1S/C12H23NO6S/c1-4-19-12(16)7-9-20(17,18)13(10(2)3)8-5-6-11(14)15/h10H,4-9H2,1-3H3,(H,14,15). The van der Waals surface area contributed by atoms with Crippen LogP contribution in [-0.4, -0.2) is 54.7 Å². The Morgan fingerprint density at radius 3 is 2.30 bits per heavy atom. The summed E-state index contributed by atoms with van der Waals surface area (Å²) < 4.78 is 30.2. The highest BCUT2D eigenvalue weighted by atomic mass is 32.2. The molecular formula is C12H23NO6S. The summed E-state index contributed by atoms with van der Waals surface area (Å²) in [5.74, 6) is -1.83. The largest absolute Gasteiger partial charge is 0.481 e. The number of hydrogen-bond acceptors (Lipinski definition) is 5. The number of carboxylic acid groups (broad SMARTS) is 1. The fourth-order valence-electron chi connectivity index (χ4n) is 1.67. The smallest absolute Gasteiger partial charge is 0.306 e. The summed E-state index contributed by atoms with van der Waals surface area (Å²) in [6.07, 6.45) is -0.0406. The summed E-state index contributed by atoms with van der Waals surface area (Å²) in [5, 5.41) is 8.57. The molecule has 0 saturated carbocycles. The second-order valence-electron chi connectivity index (χ2n) is 4.57. The predicted octanol–water partition coefficient (Wildman–Crippen LogP) is 0.845. The third-order valence-electron chi connectivity index (χ3n) is 2.57. The number of carbonyl (C=O) groups is 2. The van der Waals surface area contributed by atoms with E-state index in [1.807, 2.05) is 0 Å². The van der Waals surface area contributed by atoms with Gasteiger partial charge in [-0.15, -0.1) is 0 Å². The molecule has 0 bridgehead atoms. The second kappa shape index (κ2) is 8.91. The van der Waals surface area contributed by atoms with E-state index in [2.05, 4.69) is 0 Å². The molecule has 0 aliphatic rings. The zero-order valence-corrected chi connectivity index (χ0v) is 13.0. The van der Waals surface area contributed by atoms with Gasteiger partial charge in [0.2, 0.25) is 10.0 Å². The molecule has 0 aromatic carbocycles. The van der Waals surface area contributed by atoms with Gasteiger partial charge in [0.25, 0.3) is 0 Å². The Balaban J connectivity index is 4.55. The molecule has 0 atom stereocenters. The molecule has 0 aromatic heterocycles. The van der Waals surface area contributed by atoms with Crippen molar-refractivity contribution in [3.63, 3.8) is 0 Å². The molecular weight excluding hydrogens is 286 g/mol. The normalized spacial score (nSPS) is 11.8. The maximum Gasteiger partial charge on any atom is 0.306 e. The van der Waals surface area contributed by atoms with Crippen molar-refractivity contribution in [3.8, 4) is 0 Å². The van der Waals surface area contributed by atoms with E-state index in [9.17, 15) is 18.0 Å². The SMILES string of the molecule is CCOC(=O)CCS(=O)(=O)N(CCCC(=O)O)C(C)C. The molecule has 0 fully saturated rings. The average Bonchev–Trinajstić information content (AvgIpc) is 2.31. The zero-order chi connectivity index (χ0) is 15.8. The summed E-state index contributed by atoms with van der Waals surface area (Å²) in [7, 11) is -3.59. The Bertz CT molecular complexity index is 418. The molecule has 0 aliphatic heterocycles. The summed E-state index contributed by atoms with van der Waals surface area (Å²) in [4.78, 5) is 21.7. The van der Waals surface area contributed by atoms with Gasteiger partial charge in [-0.1, -0.05) is 0 Å². The van der Waals surface area contributed by atoms with Crippen LogP contribution in [0.3, 0.4) is 0 Å². The van der Waals surface area contributed by atoms with Crippen LogP contribution in [0.4, 0.5) is 0 Å². The summed E-state index contributed by atoms with van der Waals surface area (Å²) >= 11 is 0. The minimum absolute atomic E-state index is 0.0867. The van der Waals surface area contributed by atoms with Gasteiger partial charge in [0.15, 0.2) is 0 Å². The Morgan fingerprint density at radius 2 is 1.85 bits per heavy atom. The number of aliphatic carboxylic acids is 1. The van der Waals surface area contributed by atoms with Crippen molar-refractivity contribution in [2.75, 3.05) is 18.9 Å². The quantitative estimate of drug-likeness (QED) is 0.600. The monoisotopic (exact) mass is 309 g/mol. The van der Waals surface area contributed by atoms with Crippen LogP contribution in [0.1, 0.15) is 40.0 Å². The van der Waals surface area contributed by atoms with Crippen LogP contribution in [-0.2, 0) is 24.3 Å². The lowest BCUT2D eigenvalue weighted by Gasteiger charge is -2.25. The van der Waals surface area contributed by atoms with E-state index in [1.165, 1.54) is 4.31 Å². The molecule has 0 spiro atoms. The number of esters is 1. The van der Waals surface area contributed by atoms with E-state index in [0.29, 0.717) is 0 Å². The lowest BCUT2D eigenvalue weighted by molar-refractivity contribution is -0.142. The van der Waals surface area contributed by atoms with Gasteiger partial charge in [-0.3, -0.25) is 9.59 Å². The molecule has 0 heterocycles. The van der Waals surface area contributed by atoms with E-state index in [0.717, 1.165) is 0 Å². The van der Waals surface area contributed by atoms with Crippen molar-refractivity contribution in [1.29, 1.82) is 0 Å². The van der Waals surface area contributed by atoms with Crippen LogP contribution in [0.15, 0.2) is 0 Å². The van der Waals surface area contributed by atoms with Gasteiger partial charge in [-0.25, -0.2) is 8.42 Å². The number of ether oxygens (including phenoxy) is 1. The molecule has 0 aliphatic carbocycles. The molecule has 1 N–H and O–H groups in total. The molecule has 0 aromatic rings. The van der Waals surface area contributed by atoms with Gasteiger partial charge in [-0.2, -0.15) is 4.31 Å². The van der Waals surface area contributed by atoms with Crippen LogP contribution in [0.25, 0.3) is 0 Å². The third-order valence-corrected chi connectivity index (χ3v) is 4.61. The first-order valence-electron chi connectivity index (χ1n) is 6.57. The molecule has 8 heteroatoms. The lowest BCUT2D eigenvalue weighted by atomic mass is 10.3. The minimum atomic E-state index is -3.59. The number of rotatable bonds is 10. The molecule has 0 saturated heterocycles. The number of carbonyl (C=O) groups excluding carboxylic acids is 1. The average molecular weight is 309 g/mol. The number of carboxylic acids is 1. The minimum Gasteiger partial charge on any atom is -0.481 e. The number of hydrogen-bond donors (Lipinski definition) is 1. The summed E-state index contributed by atoms with van der Waals surface area (Å²) in [6, 6.07) is -0.281. The maximum atomic E-state index is 12.1. The Morgan fingerprint density at radius 1 is 1.25 bits per heavy atom. The first-order valence-corrected chi connectivity index (χ1v) is 8.18. The molecule has 118 valence electrons. The van der Waals surface area contributed by atoms with Crippen molar-refractivity contribution in [2.45, 2.75) is 46.1 Å². The van der Waals surface area contributed by atoms with Crippen LogP contribution >= 0.6 is 0 Å². The fraction of sp³-hybridized carbons (Fsp3) is 0.833. The molecule has 0 radical (unpaired) electrons. The molecule has 0 amide bonds. The Hall–Kier alpha value is -1.15. The Labute approximate surface area is 120 Å². The van der Waals surface area contributed by atoms with Gasteiger partial charge in [0, 0.05) is 19.0 Å². The highest BCUT2D eigenvalue weighted by Gasteiger charge is 2.25. The highest BCUT2D eigenvalue weighted by Crippen LogP contribution is 2.11. The topological polar surface area (TPSA) is 101 Å².